The number of carbonyl (C=O) groups is 1. The highest BCUT2D eigenvalue weighted by Crippen LogP contribution is 2.26. The number of aromatic nitrogens is 4. The topological polar surface area (TPSA) is 104 Å². The van der Waals surface area contributed by atoms with Crippen LogP contribution in [0.25, 0.3) is 0 Å². The Kier molecular flexibility index (Phi) is 11.7. The third kappa shape index (κ3) is 9.39. The Bertz CT molecular complexity index is 1170. The van der Waals surface area contributed by atoms with E-state index in [-0.39, 0.29) is 11.4 Å². The van der Waals surface area contributed by atoms with E-state index in [9.17, 15) is 14.0 Å². The van der Waals surface area contributed by atoms with E-state index in [2.05, 4.69) is 21.9 Å². The molecule has 3 rings (SSSR count). The molecule has 7 nitrogen and oxygen atoms in total. The number of hydrogen-bond acceptors (Lipinski definition) is 6. The Morgan fingerprint density at radius 1 is 1.00 bits per heavy atom. The Labute approximate surface area is 222 Å². The van der Waals surface area contributed by atoms with E-state index in [0.717, 1.165) is 30.4 Å². The molecule has 2 heterocycles. The highest BCUT2D eigenvalue weighted by atomic mass is 32.2. The molecule has 0 aliphatic rings. The number of primary amides is 1. The summed E-state index contributed by atoms with van der Waals surface area (Å²) in [7, 11) is 0. The van der Waals surface area contributed by atoms with Crippen LogP contribution in [0.15, 0.2) is 59.1 Å². The molecule has 37 heavy (non-hydrogen) atoms. The molecule has 1 unspecified atom stereocenters. The summed E-state index contributed by atoms with van der Waals surface area (Å²) < 4.78 is 15.1. The van der Waals surface area contributed by atoms with Gasteiger partial charge in [0.2, 0.25) is 5.91 Å². The summed E-state index contributed by atoms with van der Waals surface area (Å²) in [4.78, 5) is 37.9. The second kappa shape index (κ2) is 15.2. The van der Waals surface area contributed by atoms with Crippen LogP contribution in [-0.2, 0) is 17.0 Å². The lowest BCUT2D eigenvalue weighted by Gasteiger charge is -2.21. The van der Waals surface area contributed by atoms with Gasteiger partial charge in [0.05, 0.1) is 0 Å². The number of nitrogens with zero attached hydrogens (tertiary/aromatic N) is 4. The number of rotatable bonds is 16. The van der Waals surface area contributed by atoms with Crippen LogP contribution >= 0.6 is 11.8 Å². The first-order valence-corrected chi connectivity index (χ1v) is 14.0. The van der Waals surface area contributed by atoms with Gasteiger partial charge in [-0.15, -0.1) is 0 Å². The fourth-order valence-corrected chi connectivity index (χ4v) is 5.17. The van der Waals surface area contributed by atoms with Crippen molar-refractivity contribution in [1.29, 1.82) is 0 Å². The number of amides is 1. The summed E-state index contributed by atoms with van der Waals surface area (Å²) in [5.41, 5.74) is 7.61. The molecule has 2 aromatic heterocycles. The molecule has 1 aromatic carbocycles. The normalized spacial score (nSPS) is 11.9. The number of benzene rings is 1. The molecular formula is C28H36FN5O2S. The molecule has 2 N–H and O–H groups in total. The lowest BCUT2D eigenvalue weighted by Crippen LogP contribution is -2.30. The minimum absolute atomic E-state index is 0.304. The fourth-order valence-electron chi connectivity index (χ4n) is 4.21. The molecule has 1 atom stereocenters. The van der Waals surface area contributed by atoms with E-state index in [1.165, 1.54) is 62.3 Å². The molecule has 0 saturated carbocycles. The van der Waals surface area contributed by atoms with Gasteiger partial charge in [0.15, 0.2) is 5.16 Å². The number of nitrogens with two attached hydrogens (primary N) is 1. The van der Waals surface area contributed by atoms with E-state index in [1.54, 1.807) is 35.3 Å². The first-order valence-electron chi connectivity index (χ1n) is 13.0. The average Bonchev–Trinajstić information content (AvgIpc) is 2.89. The van der Waals surface area contributed by atoms with E-state index in [1.807, 2.05) is 0 Å². The monoisotopic (exact) mass is 525 g/mol. The van der Waals surface area contributed by atoms with Crippen molar-refractivity contribution in [2.24, 2.45) is 5.73 Å². The second-order valence-electron chi connectivity index (χ2n) is 9.28. The minimum Gasteiger partial charge on any atom is -0.368 e. The smallest absolute Gasteiger partial charge is 0.277 e. The van der Waals surface area contributed by atoms with Crippen LogP contribution in [0.2, 0.25) is 0 Å². The first kappa shape index (κ1) is 28.5. The molecular weight excluding hydrogens is 489 g/mol. The molecule has 3 aromatic rings. The van der Waals surface area contributed by atoms with Crippen molar-refractivity contribution in [3.05, 3.63) is 82.0 Å². The molecule has 0 fully saturated rings. The number of carbonyl (C=O) groups excluding carboxylic acids is 1. The van der Waals surface area contributed by atoms with Crippen molar-refractivity contribution >= 4 is 17.7 Å². The van der Waals surface area contributed by atoms with Gasteiger partial charge in [-0.25, -0.2) is 14.4 Å². The van der Waals surface area contributed by atoms with E-state index < -0.39 is 11.9 Å². The average molecular weight is 526 g/mol. The zero-order chi connectivity index (χ0) is 26.5. The predicted octanol–water partition coefficient (Wildman–Crippen LogP) is 5.61. The van der Waals surface area contributed by atoms with Gasteiger partial charge in [0, 0.05) is 36.3 Å². The van der Waals surface area contributed by atoms with Crippen molar-refractivity contribution in [3.63, 3.8) is 0 Å². The van der Waals surface area contributed by atoms with Crippen molar-refractivity contribution in [2.75, 3.05) is 0 Å². The third-order valence-corrected chi connectivity index (χ3v) is 7.31. The molecule has 198 valence electrons. The van der Waals surface area contributed by atoms with Crippen LogP contribution in [0.3, 0.4) is 0 Å². The quantitative estimate of drug-likeness (QED) is 0.148. The number of hydrogen-bond donors (Lipinski definition) is 1. The molecule has 1 amide bonds. The zero-order valence-corrected chi connectivity index (χ0v) is 22.3. The summed E-state index contributed by atoms with van der Waals surface area (Å²) in [6.45, 7) is 2.21. The van der Waals surface area contributed by atoms with E-state index in [4.69, 9.17) is 5.73 Å². The fraction of sp³-hybridized carbons (Fsp3) is 0.464. The first-order chi connectivity index (χ1) is 18.0. The molecule has 0 aliphatic carbocycles. The van der Waals surface area contributed by atoms with Crippen LogP contribution in [0, 0.1) is 5.82 Å². The molecule has 0 saturated heterocycles. The molecule has 0 spiro atoms. The Balaban J connectivity index is 1.78. The lowest BCUT2D eigenvalue weighted by atomic mass is 10.0. The summed E-state index contributed by atoms with van der Waals surface area (Å²) in [5.74, 6) is -0.287. The molecule has 9 heteroatoms. The van der Waals surface area contributed by atoms with Crippen molar-refractivity contribution in [1.82, 2.24) is 19.5 Å². The van der Waals surface area contributed by atoms with Gasteiger partial charge in [0.1, 0.15) is 18.2 Å². The molecule has 0 bridgehead atoms. The summed E-state index contributed by atoms with van der Waals surface area (Å²) in [5, 5.41) is 0.422. The largest absolute Gasteiger partial charge is 0.368 e. The number of unbranched alkanes of at least 4 members (excludes halogenated alkanes) is 7. The number of thioether (sulfide) groups is 1. The Hall–Kier alpha value is -3.07. The lowest BCUT2D eigenvalue weighted by molar-refractivity contribution is -0.121. The van der Waals surface area contributed by atoms with Gasteiger partial charge in [-0.2, -0.15) is 4.98 Å². The van der Waals surface area contributed by atoms with Gasteiger partial charge in [0.25, 0.3) is 5.56 Å². The zero-order valence-electron chi connectivity index (χ0n) is 21.4. The number of halogens is 1. The maximum Gasteiger partial charge on any atom is 0.277 e. The van der Waals surface area contributed by atoms with Crippen molar-refractivity contribution in [3.8, 4) is 0 Å². The maximum atomic E-state index is 13.3. The van der Waals surface area contributed by atoms with Gasteiger partial charge in [-0.3, -0.25) is 9.59 Å². The second-order valence-corrected chi connectivity index (χ2v) is 10.2. The third-order valence-electron chi connectivity index (χ3n) is 6.27. The minimum atomic E-state index is -0.616. The molecule has 0 radical (unpaired) electrons. The standard InChI is InChI=1S/C28H36FN5O2S/c1-2-3-4-5-6-7-8-9-10-25(26(30)35)34-18-23(15-22-16-31-20-32-17-22)27(36)33-28(34)37-19-21-11-13-24(29)14-12-21/h11-14,16-18,20,25H,2-10,15,19H2,1H3,(H2,30,35). The summed E-state index contributed by atoms with van der Waals surface area (Å²) in [6.07, 6.45) is 16.6. The molecule has 0 aliphatic heterocycles. The van der Waals surface area contributed by atoms with E-state index in [0.29, 0.717) is 29.3 Å². The highest BCUT2D eigenvalue weighted by molar-refractivity contribution is 7.98. The van der Waals surface area contributed by atoms with Gasteiger partial charge in [-0.05, 0) is 29.7 Å². The SMILES string of the molecule is CCCCCCCCCCC(C(N)=O)n1cc(Cc2cncnc2)c(=O)nc1SCc1ccc(F)cc1. The van der Waals surface area contributed by atoms with Gasteiger partial charge < -0.3 is 10.3 Å². The van der Waals surface area contributed by atoms with Crippen LogP contribution in [0.1, 0.15) is 87.4 Å². The van der Waals surface area contributed by atoms with Crippen molar-refractivity contribution in [2.45, 2.75) is 88.1 Å². The Morgan fingerprint density at radius 3 is 2.30 bits per heavy atom. The van der Waals surface area contributed by atoms with Gasteiger partial charge >= 0.3 is 0 Å². The van der Waals surface area contributed by atoms with Crippen LogP contribution < -0.4 is 11.3 Å². The van der Waals surface area contributed by atoms with Crippen molar-refractivity contribution < 1.29 is 9.18 Å². The summed E-state index contributed by atoms with van der Waals surface area (Å²) >= 11 is 1.33. The predicted molar refractivity (Wildman–Crippen MR) is 145 cm³/mol. The van der Waals surface area contributed by atoms with Crippen LogP contribution in [0.5, 0.6) is 0 Å². The summed E-state index contributed by atoms with van der Waals surface area (Å²) in [6, 6.07) is 5.57. The van der Waals surface area contributed by atoms with Gasteiger partial charge in [-0.1, -0.05) is 82.2 Å². The highest BCUT2D eigenvalue weighted by Gasteiger charge is 2.22. The Morgan fingerprint density at radius 2 is 1.65 bits per heavy atom. The van der Waals surface area contributed by atoms with E-state index >= 15 is 0 Å². The van der Waals surface area contributed by atoms with Crippen LogP contribution in [0.4, 0.5) is 4.39 Å². The van der Waals surface area contributed by atoms with Crippen LogP contribution in [-0.4, -0.2) is 25.4 Å². The maximum absolute atomic E-state index is 13.3.